The molecule has 0 bridgehead atoms. The van der Waals surface area contributed by atoms with Gasteiger partial charge in [-0.25, -0.2) is 4.98 Å². The highest BCUT2D eigenvalue weighted by molar-refractivity contribution is 7.09. The van der Waals surface area contributed by atoms with E-state index in [0.29, 0.717) is 37.0 Å². The van der Waals surface area contributed by atoms with Gasteiger partial charge in [-0.2, -0.15) is 4.98 Å². The number of thiazole rings is 1. The first-order valence-electron chi connectivity index (χ1n) is 7.29. The molecule has 1 fully saturated rings. The predicted molar refractivity (Wildman–Crippen MR) is 79.5 cm³/mol. The van der Waals surface area contributed by atoms with E-state index >= 15 is 0 Å². The zero-order chi connectivity index (χ0) is 15.5. The van der Waals surface area contributed by atoms with Crippen LogP contribution < -0.4 is 0 Å². The number of rotatable bonds is 5. The Labute approximate surface area is 132 Å². The molecule has 1 amide bonds. The molecule has 1 atom stereocenters. The lowest BCUT2D eigenvalue weighted by Crippen LogP contribution is -2.31. The van der Waals surface area contributed by atoms with E-state index in [2.05, 4.69) is 15.1 Å². The number of nitrogens with zero attached hydrogens (tertiary/aromatic N) is 4. The number of methoxy groups -OCH3 is 1. The van der Waals surface area contributed by atoms with Crippen LogP contribution in [0.2, 0.25) is 0 Å². The van der Waals surface area contributed by atoms with Gasteiger partial charge in [0.1, 0.15) is 10.7 Å². The van der Waals surface area contributed by atoms with Gasteiger partial charge in [0.25, 0.3) is 5.91 Å². The Bertz CT molecular complexity index is 654. The lowest BCUT2D eigenvalue weighted by Gasteiger charge is -2.21. The van der Waals surface area contributed by atoms with Crippen LogP contribution in [0.1, 0.15) is 53.0 Å². The zero-order valence-corrected chi connectivity index (χ0v) is 13.4. The largest absolute Gasteiger partial charge is 0.378 e. The molecular formula is C14H18N4O3S. The van der Waals surface area contributed by atoms with E-state index in [1.807, 2.05) is 6.92 Å². The molecule has 118 valence electrons. The molecule has 7 nitrogen and oxygen atoms in total. The fourth-order valence-corrected chi connectivity index (χ4v) is 3.31. The fourth-order valence-electron chi connectivity index (χ4n) is 2.57. The van der Waals surface area contributed by atoms with Gasteiger partial charge in [-0.1, -0.05) is 12.1 Å². The maximum absolute atomic E-state index is 12.7. The highest BCUT2D eigenvalue weighted by Gasteiger charge is 2.34. The second-order valence-corrected chi connectivity index (χ2v) is 6.06. The molecule has 1 saturated heterocycles. The lowest BCUT2D eigenvalue weighted by atomic mass is 10.2. The van der Waals surface area contributed by atoms with Gasteiger partial charge in [-0.3, -0.25) is 4.79 Å². The van der Waals surface area contributed by atoms with Gasteiger partial charge in [0.2, 0.25) is 5.89 Å². The van der Waals surface area contributed by atoms with Crippen LogP contribution >= 0.6 is 11.3 Å². The Morgan fingerprint density at radius 2 is 2.41 bits per heavy atom. The number of ether oxygens (including phenoxy) is 1. The van der Waals surface area contributed by atoms with Gasteiger partial charge in [0.15, 0.2) is 5.82 Å². The highest BCUT2D eigenvalue weighted by Crippen LogP contribution is 2.31. The monoisotopic (exact) mass is 322 g/mol. The molecule has 0 aromatic carbocycles. The first-order valence-corrected chi connectivity index (χ1v) is 8.17. The van der Waals surface area contributed by atoms with E-state index in [4.69, 9.17) is 9.26 Å². The molecule has 2 aromatic rings. The third kappa shape index (κ3) is 2.89. The Morgan fingerprint density at radius 1 is 1.55 bits per heavy atom. The van der Waals surface area contributed by atoms with Crippen molar-refractivity contribution in [3.63, 3.8) is 0 Å². The molecule has 22 heavy (non-hydrogen) atoms. The summed E-state index contributed by atoms with van der Waals surface area (Å²) in [6.07, 6.45) is 2.48. The van der Waals surface area contributed by atoms with Crippen LogP contribution in [0.5, 0.6) is 0 Å². The standard InChI is InChI=1S/C14H18N4O3S/c1-3-11-16-13(17-21-11)10-5-4-6-18(10)14(19)9-8-22-12(15-9)7-20-2/h8,10H,3-7H2,1-2H3/t10-/m1/s1. The zero-order valence-electron chi connectivity index (χ0n) is 12.6. The number of carbonyl (C=O) groups is 1. The van der Waals surface area contributed by atoms with E-state index in [9.17, 15) is 4.79 Å². The van der Waals surface area contributed by atoms with Gasteiger partial charge >= 0.3 is 0 Å². The summed E-state index contributed by atoms with van der Waals surface area (Å²) in [5.74, 6) is 1.12. The van der Waals surface area contributed by atoms with Crippen LogP contribution in [0.3, 0.4) is 0 Å². The van der Waals surface area contributed by atoms with Crippen molar-refractivity contribution in [2.75, 3.05) is 13.7 Å². The normalized spacial score (nSPS) is 18.1. The van der Waals surface area contributed by atoms with E-state index < -0.39 is 0 Å². The summed E-state index contributed by atoms with van der Waals surface area (Å²) >= 11 is 1.43. The topological polar surface area (TPSA) is 81.4 Å². The molecule has 0 aliphatic carbocycles. The van der Waals surface area contributed by atoms with Crippen molar-refractivity contribution in [2.24, 2.45) is 0 Å². The van der Waals surface area contributed by atoms with Crippen molar-refractivity contribution in [1.29, 1.82) is 0 Å². The Balaban J connectivity index is 1.78. The van der Waals surface area contributed by atoms with E-state index in [-0.39, 0.29) is 11.9 Å². The first kappa shape index (κ1) is 15.1. The molecular weight excluding hydrogens is 304 g/mol. The molecule has 2 aromatic heterocycles. The van der Waals surface area contributed by atoms with Crippen molar-refractivity contribution in [2.45, 2.75) is 38.8 Å². The van der Waals surface area contributed by atoms with Gasteiger partial charge in [0.05, 0.1) is 12.6 Å². The molecule has 3 rings (SSSR count). The molecule has 1 aliphatic rings. The van der Waals surface area contributed by atoms with Crippen molar-refractivity contribution in [1.82, 2.24) is 20.0 Å². The smallest absolute Gasteiger partial charge is 0.273 e. The lowest BCUT2D eigenvalue weighted by molar-refractivity contribution is 0.0722. The number of aromatic nitrogens is 3. The number of carbonyl (C=O) groups excluding carboxylic acids is 1. The molecule has 0 unspecified atom stereocenters. The summed E-state index contributed by atoms with van der Waals surface area (Å²) in [6.45, 7) is 3.07. The minimum absolute atomic E-state index is 0.0797. The summed E-state index contributed by atoms with van der Waals surface area (Å²) in [4.78, 5) is 23.1. The maximum atomic E-state index is 12.7. The minimum Gasteiger partial charge on any atom is -0.378 e. The fraction of sp³-hybridized carbons (Fsp3) is 0.571. The van der Waals surface area contributed by atoms with Crippen molar-refractivity contribution in [3.05, 3.63) is 27.8 Å². The maximum Gasteiger partial charge on any atom is 0.273 e. The Morgan fingerprint density at radius 3 is 3.14 bits per heavy atom. The second kappa shape index (κ2) is 6.53. The van der Waals surface area contributed by atoms with Crippen molar-refractivity contribution in [3.8, 4) is 0 Å². The molecule has 3 heterocycles. The molecule has 0 radical (unpaired) electrons. The number of aryl methyl sites for hydroxylation is 1. The van der Waals surface area contributed by atoms with Crippen molar-refractivity contribution >= 4 is 17.2 Å². The Kier molecular flexibility index (Phi) is 4.49. The van der Waals surface area contributed by atoms with Crippen LogP contribution in [-0.4, -0.2) is 39.6 Å². The summed E-state index contributed by atoms with van der Waals surface area (Å²) in [6, 6.07) is -0.121. The first-order chi connectivity index (χ1) is 10.7. The minimum atomic E-state index is -0.121. The van der Waals surface area contributed by atoms with Crippen LogP contribution in [0, 0.1) is 0 Å². The van der Waals surface area contributed by atoms with Crippen LogP contribution in [0.25, 0.3) is 0 Å². The quantitative estimate of drug-likeness (QED) is 0.839. The third-order valence-corrected chi connectivity index (χ3v) is 4.46. The van der Waals surface area contributed by atoms with Crippen molar-refractivity contribution < 1.29 is 14.1 Å². The molecule has 1 aliphatic heterocycles. The Hall–Kier alpha value is -1.80. The van der Waals surface area contributed by atoms with Crippen LogP contribution in [-0.2, 0) is 17.8 Å². The number of likely N-dealkylation sites (tertiary alicyclic amines) is 1. The predicted octanol–water partition coefficient (Wildman–Crippen LogP) is 2.21. The highest BCUT2D eigenvalue weighted by atomic mass is 32.1. The number of hydrogen-bond donors (Lipinski definition) is 0. The average Bonchev–Trinajstić information content (AvgIpc) is 3.26. The van der Waals surface area contributed by atoms with E-state index in [1.54, 1.807) is 17.4 Å². The van der Waals surface area contributed by atoms with Gasteiger partial charge < -0.3 is 14.2 Å². The summed E-state index contributed by atoms with van der Waals surface area (Å²) < 4.78 is 10.2. The van der Waals surface area contributed by atoms with Crippen LogP contribution in [0.15, 0.2) is 9.90 Å². The summed E-state index contributed by atoms with van der Waals surface area (Å²) in [5, 5.41) is 6.59. The summed E-state index contributed by atoms with van der Waals surface area (Å²) in [7, 11) is 1.61. The molecule has 8 heteroatoms. The number of hydrogen-bond acceptors (Lipinski definition) is 7. The molecule has 0 spiro atoms. The third-order valence-electron chi connectivity index (χ3n) is 3.64. The summed E-state index contributed by atoms with van der Waals surface area (Å²) in [5.41, 5.74) is 0.461. The van der Waals surface area contributed by atoms with Gasteiger partial charge in [0, 0.05) is 25.5 Å². The SMILES string of the molecule is CCc1nc([C@H]2CCCN2C(=O)c2csc(COC)n2)no1. The second-order valence-electron chi connectivity index (χ2n) is 5.12. The molecule has 0 saturated carbocycles. The van der Waals surface area contributed by atoms with E-state index in [1.165, 1.54) is 11.3 Å². The molecule has 0 N–H and O–H groups in total. The number of amides is 1. The van der Waals surface area contributed by atoms with Gasteiger partial charge in [-0.15, -0.1) is 11.3 Å². The van der Waals surface area contributed by atoms with Gasteiger partial charge in [-0.05, 0) is 12.8 Å². The van der Waals surface area contributed by atoms with Crippen LogP contribution in [0.4, 0.5) is 0 Å². The van der Waals surface area contributed by atoms with E-state index in [0.717, 1.165) is 17.8 Å². The average molecular weight is 322 g/mol.